The van der Waals surface area contributed by atoms with Gasteiger partial charge in [-0.1, -0.05) is 41.1 Å². The van der Waals surface area contributed by atoms with Crippen molar-refractivity contribution < 1.29 is 4.79 Å². The SMILES string of the molecule is Cc1ccc(C(=O)Nc2ccc(Cl)cc2Cl)cc1C#Cc1cc(-c2cnn(C)c2)cnc1N. The highest BCUT2D eigenvalue weighted by molar-refractivity contribution is 6.36. The van der Waals surface area contributed by atoms with Crippen LogP contribution in [0.5, 0.6) is 0 Å². The number of anilines is 2. The van der Waals surface area contributed by atoms with Gasteiger partial charge in [0.1, 0.15) is 5.82 Å². The van der Waals surface area contributed by atoms with E-state index >= 15 is 0 Å². The topological polar surface area (TPSA) is 85.8 Å². The maximum Gasteiger partial charge on any atom is 0.255 e. The van der Waals surface area contributed by atoms with Gasteiger partial charge in [-0.05, 0) is 48.9 Å². The number of hydrogen-bond donors (Lipinski definition) is 2. The number of amides is 1. The molecule has 0 atom stereocenters. The molecule has 4 rings (SSSR count). The molecule has 164 valence electrons. The molecule has 4 aromatic rings. The van der Waals surface area contributed by atoms with Gasteiger partial charge in [0.2, 0.25) is 0 Å². The molecule has 0 unspecified atom stereocenters. The van der Waals surface area contributed by atoms with Crippen LogP contribution in [-0.2, 0) is 7.05 Å². The molecule has 0 saturated heterocycles. The van der Waals surface area contributed by atoms with Gasteiger partial charge in [-0.2, -0.15) is 5.10 Å². The van der Waals surface area contributed by atoms with Crippen LogP contribution in [0.25, 0.3) is 11.1 Å². The standard InChI is InChI=1S/C25H19Cl2N5O/c1-15-3-4-18(25(33)31-23-8-7-21(26)11-22(23)27)9-16(15)5-6-17-10-19(12-29-24(17)28)20-13-30-32(2)14-20/h3-4,7-14H,1-2H3,(H2,28,29)(H,31,33). The zero-order chi connectivity index (χ0) is 23.5. The summed E-state index contributed by atoms with van der Waals surface area (Å²) in [5.74, 6) is 6.23. The summed E-state index contributed by atoms with van der Waals surface area (Å²) >= 11 is 12.1. The van der Waals surface area contributed by atoms with E-state index in [9.17, 15) is 4.79 Å². The molecule has 0 fully saturated rings. The van der Waals surface area contributed by atoms with Gasteiger partial charge in [0.05, 0.1) is 22.5 Å². The fourth-order valence-corrected chi connectivity index (χ4v) is 3.58. The Labute approximate surface area is 201 Å². The summed E-state index contributed by atoms with van der Waals surface area (Å²) in [6.45, 7) is 1.93. The number of pyridine rings is 1. The largest absolute Gasteiger partial charge is 0.383 e. The molecule has 2 heterocycles. The Bertz CT molecular complexity index is 1430. The van der Waals surface area contributed by atoms with Crippen molar-refractivity contribution in [2.75, 3.05) is 11.1 Å². The fourth-order valence-electron chi connectivity index (χ4n) is 3.12. The van der Waals surface area contributed by atoms with E-state index in [1.807, 2.05) is 32.3 Å². The molecule has 8 heteroatoms. The van der Waals surface area contributed by atoms with Crippen molar-refractivity contribution in [3.05, 3.63) is 93.4 Å². The zero-order valence-electron chi connectivity index (χ0n) is 17.9. The molecule has 2 aromatic heterocycles. The van der Waals surface area contributed by atoms with E-state index in [0.717, 1.165) is 16.7 Å². The average Bonchev–Trinajstić information content (AvgIpc) is 3.22. The van der Waals surface area contributed by atoms with E-state index in [4.69, 9.17) is 28.9 Å². The van der Waals surface area contributed by atoms with E-state index in [1.165, 1.54) is 0 Å². The third kappa shape index (κ3) is 5.17. The second kappa shape index (κ2) is 9.37. The Hall–Kier alpha value is -3.79. The number of carbonyl (C=O) groups is 1. The zero-order valence-corrected chi connectivity index (χ0v) is 19.4. The second-order valence-corrected chi connectivity index (χ2v) is 8.26. The van der Waals surface area contributed by atoms with E-state index in [0.29, 0.717) is 38.2 Å². The van der Waals surface area contributed by atoms with Crippen molar-refractivity contribution in [1.82, 2.24) is 14.8 Å². The third-order valence-electron chi connectivity index (χ3n) is 4.97. The number of nitrogens with one attached hydrogen (secondary N) is 1. The lowest BCUT2D eigenvalue weighted by Gasteiger charge is -2.09. The van der Waals surface area contributed by atoms with E-state index in [-0.39, 0.29) is 5.91 Å². The molecule has 6 nitrogen and oxygen atoms in total. The van der Waals surface area contributed by atoms with Gasteiger partial charge in [0.15, 0.2) is 0 Å². The first-order chi connectivity index (χ1) is 15.8. The van der Waals surface area contributed by atoms with Crippen molar-refractivity contribution in [3.8, 4) is 23.0 Å². The summed E-state index contributed by atoms with van der Waals surface area (Å²) in [4.78, 5) is 17.0. The summed E-state index contributed by atoms with van der Waals surface area (Å²) in [6, 6.07) is 12.1. The van der Waals surface area contributed by atoms with Gasteiger partial charge in [-0.15, -0.1) is 0 Å². The minimum absolute atomic E-state index is 0.304. The predicted octanol–water partition coefficient (Wildman–Crippen LogP) is 5.33. The van der Waals surface area contributed by atoms with Crippen molar-refractivity contribution in [1.29, 1.82) is 0 Å². The molecule has 0 bridgehead atoms. The van der Waals surface area contributed by atoms with Crippen LogP contribution in [0.1, 0.15) is 27.0 Å². The Morgan fingerprint density at radius 2 is 1.82 bits per heavy atom. The molecule has 0 aliphatic carbocycles. The van der Waals surface area contributed by atoms with Crippen molar-refractivity contribution >= 4 is 40.6 Å². The highest BCUT2D eigenvalue weighted by Crippen LogP contribution is 2.26. The molecule has 3 N–H and O–H groups in total. The van der Waals surface area contributed by atoms with Crippen molar-refractivity contribution in [2.24, 2.45) is 7.05 Å². The predicted molar refractivity (Wildman–Crippen MR) is 132 cm³/mol. The summed E-state index contributed by atoms with van der Waals surface area (Å²) in [5.41, 5.74) is 11.0. The van der Waals surface area contributed by atoms with Gasteiger partial charge in [0.25, 0.3) is 5.91 Å². The van der Waals surface area contributed by atoms with Crippen LogP contribution < -0.4 is 11.1 Å². The number of carbonyl (C=O) groups excluding carboxylic acids is 1. The lowest BCUT2D eigenvalue weighted by atomic mass is 10.0. The Morgan fingerprint density at radius 3 is 2.55 bits per heavy atom. The molecular weight excluding hydrogens is 457 g/mol. The van der Waals surface area contributed by atoms with Crippen LogP contribution in [0.4, 0.5) is 11.5 Å². The van der Waals surface area contributed by atoms with Gasteiger partial charge in [0, 0.05) is 46.7 Å². The lowest BCUT2D eigenvalue weighted by molar-refractivity contribution is 0.102. The number of benzene rings is 2. The Balaban J connectivity index is 1.61. The van der Waals surface area contributed by atoms with E-state index < -0.39 is 0 Å². The molecule has 0 saturated carbocycles. The summed E-state index contributed by atoms with van der Waals surface area (Å²) in [5, 5.41) is 7.83. The van der Waals surface area contributed by atoms with Gasteiger partial charge < -0.3 is 11.1 Å². The maximum atomic E-state index is 12.8. The first-order valence-electron chi connectivity index (χ1n) is 9.94. The lowest BCUT2D eigenvalue weighted by Crippen LogP contribution is -2.12. The molecule has 1 amide bonds. The van der Waals surface area contributed by atoms with Crippen molar-refractivity contribution in [3.63, 3.8) is 0 Å². The number of aryl methyl sites for hydroxylation is 2. The van der Waals surface area contributed by atoms with Crippen molar-refractivity contribution in [2.45, 2.75) is 6.92 Å². The summed E-state index contributed by atoms with van der Waals surface area (Å²) in [7, 11) is 1.85. The third-order valence-corrected chi connectivity index (χ3v) is 5.52. The molecule has 2 aromatic carbocycles. The van der Waals surface area contributed by atoms with Gasteiger partial charge in [-0.3, -0.25) is 9.48 Å². The first kappa shape index (κ1) is 22.4. The van der Waals surface area contributed by atoms with Gasteiger partial charge >= 0.3 is 0 Å². The normalized spacial score (nSPS) is 10.4. The van der Waals surface area contributed by atoms with E-state index in [1.54, 1.807) is 47.4 Å². The number of nitrogens with two attached hydrogens (primary N) is 1. The number of halogens is 2. The highest BCUT2D eigenvalue weighted by Gasteiger charge is 2.11. The van der Waals surface area contributed by atoms with Crippen LogP contribution >= 0.6 is 23.2 Å². The molecular formula is C25H19Cl2N5O. The number of nitrogen functional groups attached to an aromatic ring is 1. The number of aromatic nitrogens is 3. The molecule has 0 aliphatic heterocycles. The minimum Gasteiger partial charge on any atom is -0.383 e. The monoisotopic (exact) mass is 475 g/mol. The Morgan fingerprint density at radius 1 is 1.03 bits per heavy atom. The quantitative estimate of drug-likeness (QED) is 0.392. The molecule has 33 heavy (non-hydrogen) atoms. The number of rotatable bonds is 3. The fraction of sp³-hybridized carbons (Fsp3) is 0.0800. The van der Waals surface area contributed by atoms with Crippen LogP contribution in [0.15, 0.2) is 61.1 Å². The average molecular weight is 476 g/mol. The minimum atomic E-state index is -0.304. The highest BCUT2D eigenvalue weighted by atomic mass is 35.5. The van der Waals surface area contributed by atoms with E-state index in [2.05, 4.69) is 27.2 Å². The van der Waals surface area contributed by atoms with Crippen LogP contribution in [0.2, 0.25) is 10.0 Å². The van der Waals surface area contributed by atoms with Crippen LogP contribution in [0.3, 0.4) is 0 Å². The summed E-state index contributed by atoms with van der Waals surface area (Å²) in [6.07, 6.45) is 5.34. The number of nitrogens with zero attached hydrogens (tertiary/aromatic N) is 3. The first-order valence-corrected chi connectivity index (χ1v) is 10.7. The smallest absolute Gasteiger partial charge is 0.255 e. The van der Waals surface area contributed by atoms with Crippen LogP contribution in [0, 0.1) is 18.8 Å². The maximum absolute atomic E-state index is 12.8. The second-order valence-electron chi connectivity index (χ2n) is 7.42. The molecule has 0 radical (unpaired) electrons. The molecule has 0 spiro atoms. The molecule has 0 aliphatic rings. The summed E-state index contributed by atoms with van der Waals surface area (Å²) < 4.78 is 1.72. The van der Waals surface area contributed by atoms with Gasteiger partial charge in [-0.25, -0.2) is 4.98 Å². The Kier molecular flexibility index (Phi) is 6.36. The number of hydrogen-bond acceptors (Lipinski definition) is 4. The van der Waals surface area contributed by atoms with Crippen LogP contribution in [-0.4, -0.2) is 20.7 Å².